The van der Waals surface area contributed by atoms with E-state index in [0.29, 0.717) is 10.7 Å². The molecule has 1 amide bonds. The molecule has 2 aliphatic heterocycles. The summed E-state index contributed by atoms with van der Waals surface area (Å²) in [5.74, 6) is 0.435. The lowest BCUT2D eigenvalue weighted by molar-refractivity contribution is 0.0798. The van der Waals surface area contributed by atoms with Crippen LogP contribution in [0.2, 0.25) is 0 Å². The van der Waals surface area contributed by atoms with Crippen LogP contribution in [0.3, 0.4) is 0 Å². The second-order valence-corrected chi connectivity index (χ2v) is 5.92. The molecule has 3 N–H and O–H groups in total. The number of rotatable bonds is 2. The van der Waals surface area contributed by atoms with Gasteiger partial charge in [-0.3, -0.25) is 4.79 Å². The van der Waals surface area contributed by atoms with Crippen molar-refractivity contribution in [3.05, 3.63) is 4.88 Å². The molecule has 1 aromatic rings. The third-order valence-corrected chi connectivity index (χ3v) is 4.74. The normalized spacial score (nSPS) is 20.0. The summed E-state index contributed by atoms with van der Waals surface area (Å²) in [7, 11) is 0. The van der Waals surface area contributed by atoms with Crippen molar-refractivity contribution in [1.82, 2.24) is 15.2 Å². The van der Waals surface area contributed by atoms with Gasteiger partial charge in [-0.2, -0.15) is 0 Å². The molecule has 7 heteroatoms. The summed E-state index contributed by atoms with van der Waals surface area (Å²) in [6.07, 6.45) is 2.18. The van der Waals surface area contributed by atoms with E-state index in [1.54, 1.807) is 0 Å². The van der Waals surface area contributed by atoms with Crippen molar-refractivity contribution >= 4 is 28.2 Å². The Morgan fingerprint density at radius 1 is 1.21 bits per heavy atom. The van der Waals surface area contributed by atoms with Crippen molar-refractivity contribution in [2.24, 2.45) is 0 Å². The Bertz CT molecular complexity index is 463. The molecule has 0 spiro atoms. The maximum atomic E-state index is 12.3. The minimum atomic E-state index is 0.0499. The zero-order valence-corrected chi connectivity index (χ0v) is 11.7. The fourth-order valence-corrected chi connectivity index (χ4v) is 3.53. The lowest BCUT2D eigenvalue weighted by atomic mass is 10.4. The highest BCUT2D eigenvalue weighted by molar-refractivity contribution is 7.18. The molecular formula is C12H19N5OS. The molecule has 3 rings (SSSR count). The zero-order valence-electron chi connectivity index (χ0n) is 10.9. The van der Waals surface area contributed by atoms with Crippen LogP contribution in [0.5, 0.6) is 0 Å². The molecule has 0 atom stereocenters. The number of anilines is 2. The van der Waals surface area contributed by atoms with E-state index < -0.39 is 0 Å². The summed E-state index contributed by atoms with van der Waals surface area (Å²) in [4.78, 5) is 21.4. The molecule has 0 bridgehead atoms. The molecule has 0 aromatic carbocycles. The monoisotopic (exact) mass is 281 g/mol. The van der Waals surface area contributed by atoms with Crippen LogP contribution >= 0.6 is 11.3 Å². The Morgan fingerprint density at radius 2 is 1.89 bits per heavy atom. The molecule has 2 aliphatic rings. The number of carbonyl (C=O) groups is 1. The summed E-state index contributed by atoms with van der Waals surface area (Å²) in [5, 5.41) is 4.18. The number of hydrogen-bond acceptors (Lipinski definition) is 6. The van der Waals surface area contributed by atoms with E-state index in [1.807, 2.05) is 4.90 Å². The van der Waals surface area contributed by atoms with Gasteiger partial charge in [-0.15, -0.1) is 0 Å². The third kappa shape index (κ3) is 2.52. The number of nitrogens with one attached hydrogen (secondary N) is 1. The lowest BCUT2D eigenvalue weighted by Crippen LogP contribution is -2.43. The SMILES string of the molecule is Nc1nc(N2CCNCC2)sc1C(=O)N1CCCC1. The van der Waals surface area contributed by atoms with Crippen LogP contribution in [-0.4, -0.2) is 55.1 Å². The van der Waals surface area contributed by atoms with Crippen molar-refractivity contribution in [2.75, 3.05) is 49.9 Å². The number of carbonyl (C=O) groups excluding carboxylic acids is 1. The van der Waals surface area contributed by atoms with E-state index in [1.165, 1.54) is 11.3 Å². The molecule has 0 unspecified atom stereocenters. The third-order valence-electron chi connectivity index (χ3n) is 3.62. The highest BCUT2D eigenvalue weighted by Crippen LogP contribution is 2.30. The van der Waals surface area contributed by atoms with E-state index in [4.69, 9.17) is 5.73 Å². The smallest absolute Gasteiger partial charge is 0.267 e. The highest BCUT2D eigenvalue weighted by Gasteiger charge is 2.26. The van der Waals surface area contributed by atoms with Gasteiger partial charge in [0.05, 0.1) is 0 Å². The van der Waals surface area contributed by atoms with Crippen LogP contribution in [-0.2, 0) is 0 Å². The molecule has 19 heavy (non-hydrogen) atoms. The number of piperazine rings is 1. The Hall–Kier alpha value is -1.34. The first-order valence-corrected chi connectivity index (χ1v) is 7.58. The van der Waals surface area contributed by atoms with Crippen molar-refractivity contribution in [2.45, 2.75) is 12.8 Å². The van der Waals surface area contributed by atoms with Gasteiger partial charge in [-0.25, -0.2) is 4.98 Å². The van der Waals surface area contributed by atoms with Crippen molar-refractivity contribution < 1.29 is 4.79 Å². The number of likely N-dealkylation sites (tertiary alicyclic amines) is 1. The maximum absolute atomic E-state index is 12.3. The number of aromatic nitrogens is 1. The second kappa shape index (κ2) is 5.34. The van der Waals surface area contributed by atoms with Gasteiger partial charge in [0, 0.05) is 39.3 Å². The van der Waals surface area contributed by atoms with Gasteiger partial charge in [-0.05, 0) is 12.8 Å². The largest absolute Gasteiger partial charge is 0.382 e. The minimum absolute atomic E-state index is 0.0499. The predicted octanol–water partition coefficient (Wildman–Crippen LogP) is 0.371. The number of nitrogen functional groups attached to an aromatic ring is 1. The standard InChI is InChI=1S/C12H19N5OS/c13-10-9(11(18)16-5-1-2-6-16)19-12(15-10)17-7-3-14-4-8-17/h14H,1-8,13H2. The summed E-state index contributed by atoms with van der Waals surface area (Å²) < 4.78 is 0. The number of thiazole rings is 1. The van der Waals surface area contributed by atoms with Crippen molar-refractivity contribution in [3.8, 4) is 0 Å². The van der Waals surface area contributed by atoms with Gasteiger partial charge in [0.25, 0.3) is 5.91 Å². The maximum Gasteiger partial charge on any atom is 0.267 e. The van der Waals surface area contributed by atoms with E-state index in [9.17, 15) is 4.79 Å². The van der Waals surface area contributed by atoms with Crippen molar-refractivity contribution in [3.63, 3.8) is 0 Å². The van der Waals surface area contributed by atoms with Gasteiger partial charge in [0.2, 0.25) is 0 Å². The van der Waals surface area contributed by atoms with Gasteiger partial charge in [-0.1, -0.05) is 11.3 Å². The number of hydrogen-bond donors (Lipinski definition) is 2. The van der Waals surface area contributed by atoms with E-state index in [-0.39, 0.29) is 5.91 Å². The van der Waals surface area contributed by atoms with Gasteiger partial charge in [0.15, 0.2) is 5.13 Å². The number of nitrogens with two attached hydrogens (primary N) is 1. The Balaban J connectivity index is 1.78. The zero-order chi connectivity index (χ0) is 13.2. The first-order chi connectivity index (χ1) is 9.25. The summed E-state index contributed by atoms with van der Waals surface area (Å²) >= 11 is 1.43. The molecule has 2 fully saturated rings. The Morgan fingerprint density at radius 3 is 2.58 bits per heavy atom. The summed E-state index contributed by atoms with van der Waals surface area (Å²) in [6.45, 7) is 5.44. The molecule has 3 heterocycles. The summed E-state index contributed by atoms with van der Waals surface area (Å²) in [6, 6.07) is 0. The fraction of sp³-hybridized carbons (Fsp3) is 0.667. The van der Waals surface area contributed by atoms with Crippen LogP contribution in [0.4, 0.5) is 10.9 Å². The Kier molecular flexibility index (Phi) is 3.56. The fourth-order valence-electron chi connectivity index (χ4n) is 2.53. The molecule has 1 aromatic heterocycles. The molecule has 0 saturated carbocycles. The number of nitrogens with zero attached hydrogens (tertiary/aromatic N) is 3. The van der Waals surface area contributed by atoms with Crippen LogP contribution in [0.25, 0.3) is 0 Å². The van der Waals surface area contributed by atoms with Crippen LogP contribution in [0.15, 0.2) is 0 Å². The topological polar surface area (TPSA) is 74.5 Å². The van der Waals surface area contributed by atoms with Crippen molar-refractivity contribution in [1.29, 1.82) is 0 Å². The van der Waals surface area contributed by atoms with Gasteiger partial charge >= 0.3 is 0 Å². The van der Waals surface area contributed by atoms with Crippen LogP contribution < -0.4 is 16.0 Å². The number of amides is 1. The lowest BCUT2D eigenvalue weighted by Gasteiger charge is -2.26. The van der Waals surface area contributed by atoms with E-state index >= 15 is 0 Å². The Labute approximate surface area is 116 Å². The van der Waals surface area contributed by atoms with E-state index in [2.05, 4.69) is 15.2 Å². The predicted molar refractivity (Wildman–Crippen MR) is 76.7 cm³/mol. The van der Waals surface area contributed by atoms with Gasteiger partial charge in [0.1, 0.15) is 10.7 Å². The highest BCUT2D eigenvalue weighted by atomic mass is 32.1. The van der Waals surface area contributed by atoms with Crippen LogP contribution in [0.1, 0.15) is 22.5 Å². The second-order valence-electron chi connectivity index (χ2n) is 4.95. The molecule has 104 valence electrons. The molecule has 0 radical (unpaired) electrons. The average molecular weight is 281 g/mol. The molecule has 2 saturated heterocycles. The van der Waals surface area contributed by atoms with E-state index in [0.717, 1.165) is 57.2 Å². The molecule has 0 aliphatic carbocycles. The van der Waals surface area contributed by atoms with Gasteiger partial charge < -0.3 is 20.9 Å². The first-order valence-electron chi connectivity index (χ1n) is 6.77. The molecular weight excluding hydrogens is 262 g/mol. The van der Waals surface area contributed by atoms with Crippen LogP contribution in [0, 0.1) is 0 Å². The average Bonchev–Trinajstić information content (AvgIpc) is 3.08. The summed E-state index contributed by atoms with van der Waals surface area (Å²) in [5.41, 5.74) is 5.93. The first kappa shape index (κ1) is 12.7. The molecule has 6 nitrogen and oxygen atoms in total. The minimum Gasteiger partial charge on any atom is -0.382 e. The quantitative estimate of drug-likeness (QED) is 0.819.